The highest BCUT2D eigenvalue weighted by Gasteiger charge is 2.15. The number of carbonyl (C=O) groups is 1. The average Bonchev–Trinajstić information content (AvgIpc) is 2.55. The van der Waals surface area contributed by atoms with Crippen LogP contribution in [0.4, 0.5) is 0 Å². The first-order valence-electron chi connectivity index (χ1n) is 6.83. The van der Waals surface area contributed by atoms with Gasteiger partial charge in [-0.1, -0.05) is 0 Å². The van der Waals surface area contributed by atoms with Gasteiger partial charge in [-0.3, -0.25) is 9.78 Å². The number of carbonyl (C=O) groups excluding carboxylic acids is 1. The van der Waals surface area contributed by atoms with Gasteiger partial charge in [0.15, 0.2) is 11.5 Å². The smallest absolute Gasteiger partial charge is 0.251 e. The lowest BCUT2D eigenvalue weighted by molar-refractivity contribution is 0.0950. The fourth-order valence-electron chi connectivity index (χ4n) is 1.92. The summed E-state index contributed by atoms with van der Waals surface area (Å²) in [5.41, 5.74) is 1.49. The van der Waals surface area contributed by atoms with Crippen LogP contribution < -0.4 is 14.8 Å². The topological polar surface area (TPSA) is 60.5 Å². The van der Waals surface area contributed by atoms with Gasteiger partial charge in [0, 0.05) is 24.5 Å². The molecule has 22 heavy (non-hydrogen) atoms. The van der Waals surface area contributed by atoms with Gasteiger partial charge >= 0.3 is 0 Å². The molecule has 1 N–H and O–H groups in total. The molecule has 1 aromatic heterocycles. The Morgan fingerprint density at radius 1 is 1.32 bits per heavy atom. The lowest BCUT2D eigenvalue weighted by Crippen LogP contribution is -2.22. The summed E-state index contributed by atoms with van der Waals surface area (Å²) in [5, 5.41) is 2.86. The highest BCUT2D eigenvalue weighted by atomic mass is 79.9. The van der Waals surface area contributed by atoms with Gasteiger partial charge in [-0.05, 0) is 52.7 Å². The Morgan fingerprint density at radius 3 is 2.68 bits per heavy atom. The predicted octanol–water partition coefficient (Wildman–Crippen LogP) is 3.18. The molecule has 0 aliphatic carbocycles. The van der Waals surface area contributed by atoms with E-state index in [1.165, 1.54) is 0 Å². The molecule has 2 aromatic rings. The molecule has 5 nitrogen and oxygen atoms in total. The van der Waals surface area contributed by atoms with Crippen molar-refractivity contribution in [3.63, 3.8) is 0 Å². The van der Waals surface area contributed by atoms with E-state index in [0.717, 1.165) is 5.56 Å². The number of nitrogens with zero attached hydrogens (tertiary/aromatic N) is 1. The van der Waals surface area contributed by atoms with Crippen molar-refractivity contribution >= 4 is 21.8 Å². The van der Waals surface area contributed by atoms with Gasteiger partial charge in [0.1, 0.15) is 0 Å². The monoisotopic (exact) mass is 364 g/mol. The molecule has 0 aliphatic heterocycles. The Bertz CT molecular complexity index is 647. The fourth-order valence-corrected chi connectivity index (χ4v) is 2.48. The van der Waals surface area contributed by atoms with E-state index in [1.54, 1.807) is 31.6 Å². The summed E-state index contributed by atoms with van der Waals surface area (Å²) < 4.78 is 11.5. The number of ether oxygens (including phenoxy) is 2. The van der Waals surface area contributed by atoms with Gasteiger partial charge in [-0.15, -0.1) is 0 Å². The summed E-state index contributed by atoms with van der Waals surface area (Å²) >= 11 is 3.41. The van der Waals surface area contributed by atoms with Crippen molar-refractivity contribution in [2.45, 2.75) is 13.5 Å². The molecule has 1 amide bonds. The minimum atomic E-state index is -0.182. The maximum atomic E-state index is 12.3. The Labute approximate surface area is 137 Å². The molecule has 0 atom stereocenters. The zero-order chi connectivity index (χ0) is 15.9. The van der Waals surface area contributed by atoms with Gasteiger partial charge in [-0.25, -0.2) is 0 Å². The van der Waals surface area contributed by atoms with E-state index in [4.69, 9.17) is 9.47 Å². The molecular weight excluding hydrogens is 348 g/mol. The van der Waals surface area contributed by atoms with Crippen molar-refractivity contribution in [3.05, 3.63) is 52.3 Å². The van der Waals surface area contributed by atoms with Crippen LogP contribution in [0.5, 0.6) is 11.5 Å². The molecule has 2 rings (SSSR count). The minimum absolute atomic E-state index is 0.182. The van der Waals surface area contributed by atoms with Gasteiger partial charge in [0.2, 0.25) is 0 Å². The number of rotatable bonds is 6. The van der Waals surface area contributed by atoms with E-state index in [-0.39, 0.29) is 5.91 Å². The van der Waals surface area contributed by atoms with E-state index in [1.807, 2.05) is 19.1 Å². The Kier molecular flexibility index (Phi) is 5.77. The van der Waals surface area contributed by atoms with Crippen molar-refractivity contribution in [2.75, 3.05) is 13.7 Å². The number of nitrogens with one attached hydrogen (secondary N) is 1. The maximum absolute atomic E-state index is 12.3. The summed E-state index contributed by atoms with van der Waals surface area (Å²) in [6.45, 7) is 2.85. The van der Waals surface area contributed by atoms with Gasteiger partial charge in [0.05, 0.1) is 18.2 Å². The van der Waals surface area contributed by atoms with Gasteiger partial charge < -0.3 is 14.8 Å². The Hall–Kier alpha value is -2.08. The third kappa shape index (κ3) is 3.98. The van der Waals surface area contributed by atoms with Crippen molar-refractivity contribution < 1.29 is 14.3 Å². The molecule has 0 saturated carbocycles. The number of amides is 1. The molecule has 0 saturated heterocycles. The zero-order valence-corrected chi connectivity index (χ0v) is 14.0. The first-order valence-corrected chi connectivity index (χ1v) is 7.62. The van der Waals surface area contributed by atoms with Crippen LogP contribution in [0.3, 0.4) is 0 Å². The molecule has 0 aliphatic rings. The van der Waals surface area contributed by atoms with Crippen LogP contribution in [0, 0.1) is 0 Å². The lowest BCUT2D eigenvalue weighted by Gasteiger charge is -2.13. The molecule has 0 spiro atoms. The first kappa shape index (κ1) is 16.3. The summed E-state index contributed by atoms with van der Waals surface area (Å²) in [6, 6.07) is 7.09. The van der Waals surface area contributed by atoms with E-state index in [9.17, 15) is 4.79 Å². The fraction of sp³-hybridized carbons (Fsp3) is 0.250. The third-order valence-electron chi connectivity index (χ3n) is 2.98. The van der Waals surface area contributed by atoms with E-state index in [2.05, 4.69) is 26.2 Å². The van der Waals surface area contributed by atoms with Gasteiger partial charge in [0.25, 0.3) is 5.91 Å². The van der Waals surface area contributed by atoms with Crippen molar-refractivity contribution in [2.24, 2.45) is 0 Å². The van der Waals surface area contributed by atoms with Crippen LogP contribution in [0.15, 0.2) is 41.1 Å². The number of aromatic nitrogens is 1. The molecule has 0 bridgehead atoms. The predicted molar refractivity (Wildman–Crippen MR) is 87.3 cm³/mol. The number of benzene rings is 1. The number of hydrogen-bond acceptors (Lipinski definition) is 4. The number of pyridine rings is 1. The third-order valence-corrected chi connectivity index (χ3v) is 3.57. The lowest BCUT2D eigenvalue weighted by atomic mass is 10.1. The minimum Gasteiger partial charge on any atom is -0.493 e. The number of hydrogen-bond donors (Lipinski definition) is 1. The molecule has 0 radical (unpaired) electrons. The van der Waals surface area contributed by atoms with Crippen LogP contribution in [-0.4, -0.2) is 24.6 Å². The number of methoxy groups -OCH3 is 1. The molecular formula is C16H17BrN2O3. The second kappa shape index (κ2) is 7.79. The standard InChI is InChI=1S/C16H17BrN2O3/c1-3-22-15-13(17)8-12(9-14(15)21-2)16(20)19-10-11-4-6-18-7-5-11/h4-9H,3,10H2,1-2H3,(H,19,20). The first-order chi connectivity index (χ1) is 10.7. The van der Waals surface area contributed by atoms with Crippen LogP contribution in [0.25, 0.3) is 0 Å². The largest absolute Gasteiger partial charge is 0.493 e. The molecule has 1 aromatic carbocycles. The Morgan fingerprint density at radius 2 is 2.05 bits per heavy atom. The summed E-state index contributed by atoms with van der Waals surface area (Å²) in [7, 11) is 1.54. The molecule has 0 fully saturated rings. The second-order valence-corrected chi connectivity index (χ2v) is 5.31. The van der Waals surface area contributed by atoms with Crippen LogP contribution in [-0.2, 0) is 6.54 Å². The number of halogens is 1. The summed E-state index contributed by atoms with van der Waals surface area (Å²) in [5.74, 6) is 0.930. The van der Waals surface area contributed by atoms with E-state index in [0.29, 0.717) is 34.7 Å². The van der Waals surface area contributed by atoms with Crippen LogP contribution in [0.1, 0.15) is 22.8 Å². The van der Waals surface area contributed by atoms with Crippen molar-refractivity contribution in [1.82, 2.24) is 10.3 Å². The van der Waals surface area contributed by atoms with E-state index < -0.39 is 0 Å². The average molecular weight is 365 g/mol. The molecule has 0 unspecified atom stereocenters. The van der Waals surface area contributed by atoms with Crippen LogP contribution >= 0.6 is 15.9 Å². The molecule has 116 valence electrons. The summed E-state index contributed by atoms with van der Waals surface area (Å²) in [6.07, 6.45) is 3.38. The van der Waals surface area contributed by atoms with Gasteiger partial charge in [-0.2, -0.15) is 0 Å². The Balaban J connectivity index is 2.14. The van der Waals surface area contributed by atoms with Crippen LogP contribution in [0.2, 0.25) is 0 Å². The van der Waals surface area contributed by atoms with E-state index >= 15 is 0 Å². The zero-order valence-electron chi connectivity index (χ0n) is 12.4. The normalized spacial score (nSPS) is 10.1. The SMILES string of the molecule is CCOc1c(Br)cc(C(=O)NCc2ccncc2)cc1OC. The highest BCUT2D eigenvalue weighted by molar-refractivity contribution is 9.10. The second-order valence-electron chi connectivity index (χ2n) is 4.46. The quantitative estimate of drug-likeness (QED) is 0.854. The van der Waals surface area contributed by atoms with Crippen molar-refractivity contribution in [3.8, 4) is 11.5 Å². The summed E-state index contributed by atoms with van der Waals surface area (Å²) in [4.78, 5) is 16.2. The molecule has 1 heterocycles. The van der Waals surface area contributed by atoms with Crippen molar-refractivity contribution in [1.29, 1.82) is 0 Å². The maximum Gasteiger partial charge on any atom is 0.251 e. The highest BCUT2D eigenvalue weighted by Crippen LogP contribution is 2.36. The molecule has 6 heteroatoms.